The Balaban J connectivity index is 3.04. The maximum Gasteiger partial charge on any atom is 0.329 e. The summed E-state index contributed by atoms with van der Waals surface area (Å²) in [6.45, 7) is 11.6. The molecule has 0 aliphatic heterocycles. The summed E-state index contributed by atoms with van der Waals surface area (Å²) in [5.74, 6) is -0.991. The maximum atomic E-state index is 10.3. The average Bonchev–Trinajstić information content (AvgIpc) is 3.08. The van der Waals surface area contributed by atoms with Crippen molar-refractivity contribution in [1.82, 2.24) is 0 Å². The van der Waals surface area contributed by atoms with Crippen molar-refractivity contribution >= 4 is 5.97 Å². The molecule has 0 unspecified atom stereocenters. The minimum atomic E-state index is -0.991. The Labute approximate surface area is 292 Å². The summed E-state index contributed by atoms with van der Waals surface area (Å²) in [5, 5.41) is 8.43. The monoisotopic (exact) mass is 697 g/mol. The van der Waals surface area contributed by atoms with Crippen molar-refractivity contribution in [2.45, 2.75) is 96.8 Å². The van der Waals surface area contributed by atoms with Crippen molar-refractivity contribution in [3.8, 4) is 0 Å². The predicted octanol–water partition coefficient (Wildman–Crippen LogP) is 5.72. The molecule has 0 fully saturated rings. The first-order chi connectivity index (χ1) is 23.8. The van der Waals surface area contributed by atoms with E-state index in [-0.39, 0.29) is 13.2 Å². The van der Waals surface area contributed by atoms with E-state index in [1.54, 1.807) is 0 Å². The van der Waals surface area contributed by atoms with Crippen LogP contribution in [0.15, 0.2) is 0 Å². The second-order valence-corrected chi connectivity index (χ2v) is 11.6. The predicted molar refractivity (Wildman–Crippen MR) is 186 cm³/mol. The molecule has 0 aliphatic rings. The van der Waals surface area contributed by atoms with Crippen LogP contribution in [0, 0.1) is 0 Å². The lowest BCUT2D eigenvalue weighted by Crippen LogP contribution is -2.15. The Morgan fingerprint density at radius 2 is 0.521 bits per heavy atom. The number of rotatable bonds is 44. The number of carboxylic acid groups (broad SMARTS) is 1. The molecule has 48 heavy (non-hydrogen) atoms. The van der Waals surface area contributed by atoms with Crippen LogP contribution in [0.25, 0.3) is 0 Å². The fourth-order valence-corrected chi connectivity index (χ4v) is 4.54. The number of carboxylic acids is 1. The second-order valence-electron chi connectivity index (χ2n) is 11.6. The fraction of sp³-hybridized carbons (Fsp3) is 0.972. The van der Waals surface area contributed by atoms with E-state index in [9.17, 15) is 4.79 Å². The van der Waals surface area contributed by atoms with Gasteiger partial charge in [0, 0.05) is 6.61 Å². The summed E-state index contributed by atoms with van der Waals surface area (Å²) in [6.07, 6.45) is 19.2. The zero-order valence-corrected chi connectivity index (χ0v) is 30.5. The normalized spacial score (nSPS) is 11.5. The molecule has 0 radical (unpaired) electrons. The van der Waals surface area contributed by atoms with E-state index < -0.39 is 5.97 Å². The summed E-state index contributed by atoms with van der Waals surface area (Å²) in [6, 6.07) is 0. The summed E-state index contributed by atoms with van der Waals surface area (Å²) in [7, 11) is 0. The molecule has 12 heteroatoms. The SMILES string of the molecule is CCCCCCCCCCCCCCCCOCCOCCOCCOCCOCCOCCOCCOCCOCCOCC(=O)O. The van der Waals surface area contributed by atoms with Crippen molar-refractivity contribution in [1.29, 1.82) is 0 Å². The van der Waals surface area contributed by atoms with E-state index in [0.29, 0.717) is 112 Å². The molecule has 0 saturated carbocycles. The van der Waals surface area contributed by atoms with Crippen LogP contribution in [0.5, 0.6) is 0 Å². The largest absolute Gasteiger partial charge is 0.480 e. The van der Waals surface area contributed by atoms with Crippen LogP contribution in [-0.4, -0.2) is 143 Å². The Morgan fingerprint density at radius 3 is 0.771 bits per heavy atom. The van der Waals surface area contributed by atoms with Crippen LogP contribution in [0.2, 0.25) is 0 Å². The van der Waals surface area contributed by atoms with Gasteiger partial charge in [-0.1, -0.05) is 90.4 Å². The van der Waals surface area contributed by atoms with Crippen molar-refractivity contribution in [2.24, 2.45) is 0 Å². The molecule has 288 valence electrons. The number of carbonyl (C=O) groups is 1. The molecule has 0 heterocycles. The third-order valence-corrected chi connectivity index (χ3v) is 7.22. The highest BCUT2D eigenvalue weighted by Gasteiger charge is 1.98. The molecule has 12 nitrogen and oxygen atoms in total. The van der Waals surface area contributed by atoms with Gasteiger partial charge >= 0.3 is 5.97 Å². The minimum absolute atomic E-state index is 0.247. The van der Waals surface area contributed by atoms with Crippen molar-refractivity contribution in [2.75, 3.05) is 132 Å². The van der Waals surface area contributed by atoms with E-state index in [0.717, 1.165) is 13.0 Å². The van der Waals surface area contributed by atoms with Crippen LogP contribution >= 0.6 is 0 Å². The Morgan fingerprint density at radius 1 is 0.312 bits per heavy atom. The topological polar surface area (TPSA) is 130 Å². The first-order valence-electron chi connectivity index (χ1n) is 18.8. The summed E-state index contributed by atoms with van der Waals surface area (Å²) < 4.78 is 54.1. The van der Waals surface area contributed by atoms with Crippen molar-refractivity contribution in [3.63, 3.8) is 0 Å². The number of hydrogen-bond acceptors (Lipinski definition) is 11. The van der Waals surface area contributed by atoms with Crippen LogP contribution in [0.3, 0.4) is 0 Å². The van der Waals surface area contributed by atoms with Gasteiger partial charge in [-0.3, -0.25) is 0 Å². The van der Waals surface area contributed by atoms with Gasteiger partial charge in [-0.05, 0) is 6.42 Å². The summed E-state index contributed by atoms with van der Waals surface area (Å²) >= 11 is 0. The molecule has 0 aromatic carbocycles. The van der Waals surface area contributed by atoms with Crippen LogP contribution < -0.4 is 0 Å². The number of hydrogen-bond donors (Lipinski definition) is 1. The van der Waals surface area contributed by atoms with Gasteiger partial charge in [0.1, 0.15) is 6.61 Å². The molecular weight excluding hydrogens is 624 g/mol. The van der Waals surface area contributed by atoms with Gasteiger partial charge in [-0.15, -0.1) is 0 Å². The third-order valence-electron chi connectivity index (χ3n) is 7.22. The van der Waals surface area contributed by atoms with Crippen molar-refractivity contribution < 1.29 is 57.3 Å². The number of aliphatic carboxylic acids is 1. The van der Waals surface area contributed by atoms with E-state index >= 15 is 0 Å². The molecule has 0 bridgehead atoms. The smallest absolute Gasteiger partial charge is 0.329 e. The lowest BCUT2D eigenvalue weighted by atomic mass is 10.0. The zero-order valence-electron chi connectivity index (χ0n) is 30.5. The average molecular weight is 697 g/mol. The van der Waals surface area contributed by atoms with Crippen LogP contribution in [0.4, 0.5) is 0 Å². The molecule has 0 spiro atoms. The number of ether oxygens (including phenoxy) is 10. The highest BCUT2D eigenvalue weighted by molar-refractivity contribution is 5.67. The molecule has 0 saturated heterocycles. The van der Waals surface area contributed by atoms with Crippen LogP contribution in [-0.2, 0) is 52.2 Å². The molecule has 0 aromatic heterocycles. The standard InChI is InChI=1S/C36H72O12/c1-2-3-4-5-6-7-8-9-10-11-12-13-14-15-16-39-17-18-40-19-20-41-21-22-42-23-24-43-25-26-44-27-28-45-29-30-46-31-32-47-33-34-48-35-36(37)38/h2-35H2,1H3,(H,37,38). The fourth-order valence-electron chi connectivity index (χ4n) is 4.54. The summed E-state index contributed by atoms with van der Waals surface area (Å²) in [5.41, 5.74) is 0. The summed E-state index contributed by atoms with van der Waals surface area (Å²) in [4.78, 5) is 10.3. The highest BCUT2D eigenvalue weighted by atomic mass is 16.6. The molecule has 1 N–H and O–H groups in total. The minimum Gasteiger partial charge on any atom is -0.480 e. The zero-order chi connectivity index (χ0) is 34.7. The molecule has 0 amide bonds. The van der Waals surface area contributed by atoms with Gasteiger partial charge in [-0.25, -0.2) is 4.79 Å². The first-order valence-corrected chi connectivity index (χ1v) is 18.8. The first kappa shape index (κ1) is 47.1. The quantitative estimate of drug-likeness (QED) is 0.0783. The van der Waals surface area contributed by atoms with E-state index in [1.165, 1.54) is 83.5 Å². The lowest BCUT2D eigenvalue weighted by Gasteiger charge is -2.09. The van der Waals surface area contributed by atoms with Crippen LogP contribution in [0.1, 0.15) is 96.8 Å². The highest BCUT2D eigenvalue weighted by Crippen LogP contribution is 2.13. The number of unbranched alkanes of at least 4 members (excludes halogenated alkanes) is 13. The third kappa shape index (κ3) is 45.1. The maximum absolute atomic E-state index is 10.3. The second kappa shape index (κ2) is 44.1. The van der Waals surface area contributed by atoms with Gasteiger partial charge < -0.3 is 52.5 Å². The van der Waals surface area contributed by atoms with Gasteiger partial charge in [0.25, 0.3) is 0 Å². The molecule has 0 rings (SSSR count). The molecule has 0 aromatic rings. The molecule has 0 aliphatic carbocycles. The van der Waals surface area contributed by atoms with E-state index in [4.69, 9.17) is 52.5 Å². The Hall–Kier alpha value is -0.930. The molecule has 0 atom stereocenters. The Bertz CT molecular complexity index is 599. The van der Waals surface area contributed by atoms with Gasteiger partial charge in [0.2, 0.25) is 0 Å². The van der Waals surface area contributed by atoms with E-state index in [1.807, 2.05) is 0 Å². The lowest BCUT2D eigenvalue weighted by molar-refractivity contribution is -0.142. The van der Waals surface area contributed by atoms with Gasteiger partial charge in [0.15, 0.2) is 0 Å². The molecular formula is C36H72O12. The van der Waals surface area contributed by atoms with Gasteiger partial charge in [0.05, 0.1) is 119 Å². The Kier molecular flexibility index (Phi) is 43.2. The van der Waals surface area contributed by atoms with Crippen molar-refractivity contribution in [3.05, 3.63) is 0 Å². The van der Waals surface area contributed by atoms with E-state index in [2.05, 4.69) is 6.92 Å². The van der Waals surface area contributed by atoms with Gasteiger partial charge in [-0.2, -0.15) is 0 Å².